The van der Waals surface area contributed by atoms with Crippen molar-refractivity contribution in [3.05, 3.63) is 18.2 Å². The Bertz CT molecular complexity index is 338. The molecule has 0 aliphatic carbocycles. The first-order valence-electron chi connectivity index (χ1n) is 6.30. The van der Waals surface area contributed by atoms with Crippen molar-refractivity contribution in [2.24, 2.45) is 5.92 Å². The van der Waals surface area contributed by atoms with Crippen LogP contribution in [0.25, 0.3) is 0 Å². The lowest BCUT2D eigenvalue weighted by Crippen LogP contribution is -2.22. The molecular formula is C13H20N2O2. The number of anilines is 1. The Balaban J connectivity index is 1.83. The Kier molecular flexibility index (Phi) is 4.62. The van der Waals surface area contributed by atoms with Gasteiger partial charge in [-0.2, -0.15) is 4.98 Å². The van der Waals surface area contributed by atoms with Crippen LogP contribution < -0.4 is 10.1 Å². The molecule has 0 amide bonds. The first-order chi connectivity index (χ1) is 8.38. The lowest BCUT2D eigenvalue weighted by Gasteiger charge is -2.22. The minimum atomic E-state index is 0.649. The van der Waals surface area contributed by atoms with E-state index >= 15 is 0 Å². The number of hydrogen-bond acceptors (Lipinski definition) is 4. The summed E-state index contributed by atoms with van der Waals surface area (Å²) in [6.07, 6.45) is 2.27. The highest BCUT2D eigenvalue weighted by Crippen LogP contribution is 2.16. The van der Waals surface area contributed by atoms with Crippen LogP contribution in [-0.4, -0.2) is 31.3 Å². The molecule has 94 valence electrons. The van der Waals surface area contributed by atoms with Crippen molar-refractivity contribution >= 4 is 5.82 Å². The maximum Gasteiger partial charge on any atom is 0.215 e. The van der Waals surface area contributed by atoms with Crippen molar-refractivity contribution in [2.75, 3.05) is 31.7 Å². The van der Waals surface area contributed by atoms with Crippen LogP contribution >= 0.6 is 0 Å². The molecule has 4 nitrogen and oxygen atoms in total. The average molecular weight is 236 g/mol. The summed E-state index contributed by atoms with van der Waals surface area (Å²) in [5.41, 5.74) is 0. The average Bonchev–Trinajstić information content (AvgIpc) is 2.39. The van der Waals surface area contributed by atoms with Gasteiger partial charge in [-0.15, -0.1) is 0 Å². The second-order valence-electron chi connectivity index (χ2n) is 4.23. The van der Waals surface area contributed by atoms with Gasteiger partial charge in [-0.25, -0.2) is 0 Å². The Morgan fingerprint density at radius 3 is 3.00 bits per heavy atom. The molecule has 0 saturated carbocycles. The van der Waals surface area contributed by atoms with E-state index in [1.807, 2.05) is 25.1 Å². The predicted molar refractivity (Wildman–Crippen MR) is 67.4 cm³/mol. The molecule has 17 heavy (non-hydrogen) atoms. The Morgan fingerprint density at radius 1 is 1.41 bits per heavy atom. The maximum atomic E-state index is 5.37. The van der Waals surface area contributed by atoms with Crippen LogP contribution in [0.5, 0.6) is 5.88 Å². The van der Waals surface area contributed by atoms with E-state index in [1.54, 1.807) is 0 Å². The van der Waals surface area contributed by atoms with Gasteiger partial charge in [0.05, 0.1) is 6.61 Å². The number of aromatic nitrogens is 1. The standard InChI is InChI=1S/C13H20N2O2/c1-2-17-13-5-3-4-12(15-13)14-10-11-6-8-16-9-7-11/h3-5,11H,2,6-10H2,1H3,(H,14,15). The van der Waals surface area contributed by atoms with Gasteiger partial charge in [0.25, 0.3) is 0 Å². The van der Waals surface area contributed by atoms with E-state index in [9.17, 15) is 0 Å². The summed E-state index contributed by atoms with van der Waals surface area (Å²) in [6, 6.07) is 5.81. The molecule has 0 spiro atoms. The van der Waals surface area contributed by atoms with E-state index in [4.69, 9.17) is 9.47 Å². The molecule has 2 rings (SSSR count). The van der Waals surface area contributed by atoms with Gasteiger partial charge in [-0.1, -0.05) is 6.07 Å². The molecular weight excluding hydrogens is 216 g/mol. The number of pyridine rings is 1. The summed E-state index contributed by atoms with van der Waals surface area (Å²) in [5, 5.41) is 3.37. The molecule has 1 saturated heterocycles. The van der Waals surface area contributed by atoms with E-state index in [1.165, 1.54) is 0 Å². The normalized spacial score (nSPS) is 16.8. The third-order valence-corrected chi connectivity index (χ3v) is 2.93. The monoisotopic (exact) mass is 236 g/mol. The Hall–Kier alpha value is -1.29. The lowest BCUT2D eigenvalue weighted by molar-refractivity contribution is 0.0699. The van der Waals surface area contributed by atoms with Crippen LogP contribution in [0.1, 0.15) is 19.8 Å². The van der Waals surface area contributed by atoms with Gasteiger partial charge in [-0.05, 0) is 31.7 Å². The van der Waals surface area contributed by atoms with E-state index in [-0.39, 0.29) is 0 Å². The van der Waals surface area contributed by atoms with Crippen molar-refractivity contribution in [3.63, 3.8) is 0 Å². The van der Waals surface area contributed by atoms with E-state index in [0.29, 0.717) is 18.4 Å². The fourth-order valence-electron chi connectivity index (χ4n) is 1.94. The van der Waals surface area contributed by atoms with E-state index in [2.05, 4.69) is 10.3 Å². The zero-order valence-electron chi connectivity index (χ0n) is 10.3. The van der Waals surface area contributed by atoms with E-state index < -0.39 is 0 Å². The molecule has 0 radical (unpaired) electrons. The number of ether oxygens (including phenoxy) is 2. The summed E-state index contributed by atoms with van der Waals surface area (Å²) < 4.78 is 10.7. The molecule has 0 unspecified atom stereocenters. The summed E-state index contributed by atoms with van der Waals surface area (Å²) >= 11 is 0. The second-order valence-corrected chi connectivity index (χ2v) is 4.23. The van der Waals surface area contributed by atoms with Gasteiger partial charge < -0.3 is 14.8 Å². The fraction of sp³-hybridized carbons (Fsp3) is 0.615. The van der Waals surface area contributed by atoms with Crippen LogP contribution in [0.4, 0.5) is 5.82 Å². The third-order valence-electron chi connectivity index (χ3n) is 2.93. The van der Waals surface area contributed by atoms with Gasteiger partial charge in [0.15, 0.2) is 0 Å². The van der Waals surface area contributed by atoms with Crippen molar-refractivity contribution < 1.29 is 9.47 Å². The predicted octanol–water partition coefficient (Wildman–Crippen LogP) is 2.32. The molecule has 4 heteroatoms. The zero-order chi connectivity index (χ0) is 11.9. The second kappa shape index (κ2) is 6.45. The molecule has 1 aliphatic rings. The van der Waals surface area contributed by atoms with Crippen molar-refractivity contribution in [3.8, 4) is 5.88 Å². The number of nitrogens with one attached hydrogen (secondary N) is 1. The molecule has 0 atom stereocenters. The van der Waals surface area contributed by atoms with Crippen LogP contribution in [0.15, 0.2) is 18.2 Å². The van der Waals surface area contributed by atoms with Crippen molar-refractivity contribution in [1.82, 2.24) is 4.98 Å². The lowest BCUT2D eigenvalue weighted by atomic mass is 10.0. The van der Waals surface area contributed by atoms with Gasteiger partial charge in [0.1, 0.15) is 5.82 Å². The molecule has 0 aromatic carbocycles. The van der Waals surface area contributed by atoms with Gasteiger partial charge in [-0.3, -0.25) is 0 Å². The van der Waals surface area contributed by atoms with Crippen LogP contribution in [0.2, 0.25) is 0 Å². The van der Waals surface area contributed by atoms with Crippen LogP contribution in [-0.2, 0) is 4.74 Å². The largest absolute Gasteiger partial charge is 0.478 e. The summed E-state index contributed by atoms with van der Waals surface area (Å²) in [4.78, 5) is 4.38. The minimum absolute atomic E-state index is 0.649. The SMILES string of the molecule is CCOc1cccc(NCC2CCOCC2)n1. The highest BCUT2D eigenvalue weighted by Gasteiger charge is 2.13. The highest BCUT2D eigenvalue weighted by atomic mass is 16.5. The van der Waals surface area contributed by atoms with E-state index in [0.717, 1.165) is 38.4 Å². The highest BCUT2D eigenvalue weighted by molar-refractivity contribution is 5.37. The molecule has 1 fully saturated rings. The fourth-order valence-corrected chi connectivity index (χ4v) is 1.94. The first-order valence-corrected chi connectivity index (χ1v) is 6.30. The van der Waals surface area contributed by atoms with Gasteiger partial charge in [0.2, 0.25) is 5.88 Å². The Morgan fingerprint density at radius 2 is 2.24 bits per heavy atom. The minimum Gasteiger partial charge on any atom is -0.478 e. The summed E-state index contributed by atoms with van der Waals surface area (Å²) in [5.74, 6) is 2.27. The third kappa shape index (κ3) is 3.89. The van der Waals surface area contributed by atoms with Crippen molar-refractivity contribution in [1.29, 1.82) is 0 Å². The smallest absolute Gasteiger partial charge is 0.215 e. The maximum absolute atomic E-state index is 5.37. The summed E-state index contributed by atoms with van der Waals surface area (Å²) in [7, 11) is 0. The molecule has 1 aliphatic heterocycles. The molecule has 0 bridgehead atoms. The van der Waals surface area contributed by atoms with Gasteiger partial charge in [0, 0.05) is 25.8 Å². The molecule has 1 aromatic heterocycles. The molecule has 2 heterocycles. The van der Waals surface area contributed by atoms with Gasteiger partial charge >= 0.3 is 0 Å². The topological polar surface area (TPSA) is 43.4 Å². The number of rotatable bonds is 5. The quantitative estimate of drug-likeness (QED) is 0.852. The zero-order valence-corrected chi connectivity index (χ0v) is 10.3. The number of hydrogen-bond donors (Lipinski definition) is 1. The summed E-state index contributed by atoms with van der Waals surface area (Å²) in [6.45, 7) is 5.35. The van der Waals surface area contributed by atoms with Crippen molar-refractivity contribution in [2.45, 2.75) is 19.8 Å². The first kappa shape index (κ1) is 12.2. The molecule has 1 aromatic rings. The molecule has 1 N–H and O–H groups in total. The van der Waals surface area contributed by atoms with Crippen LogP contribution in [0, 0.1) is 5.92 Å². The van der Waals surface area contributed by atoms with Crippen LogP contribution in [0.3, 0.4) is 0 Å². The number of nitrogens with zero attached hydrogens (tertiary/aromatic N) is 1. The Labute approximate surface area is 102 Å².